The summed E-state index contributed by atoms with van der Waals surface area (Å²) in [4.78, 5) is 23.7. The topological polar surface area (TPSA) is 43.4 Å². The van der Waals surface area contributed by atoms with Crippen molar-refractivity contribution in [3.8, 4) is 0 Å². The van der Waals surface area contributed by atoms with Crippen molar-refractivity contribution in [3.63, 3.8) is 0 Å². The van der Waals surface area contributed by atoms with Crippen LogP contribution in [0.1, 0.15) is 32.3 Å². The average molecular weight is 258 g/mol. The van der Waals surface area contributed by atoms with Gasteiger partial charge in [-0.3, -0.25) is 9.59 Å². The molecule has 0 unspecified atom stereocenters. The van der Waals surface area contributed by atoms with Gasteiger partial charge in [0.2, 0.25) is 0 Å². The minimum Gasteiger partial charge on any atom is -0.461 e. The summed E-state index contributed by atoms with van der Waals surface area (Å²) in [5, 5.41) is 0. The van der Waals surface area contributed by atoms with E-state index < -0.39 is 5.41 Å². The summed E-state index contributed by atoms with van der Waals surface area (Å²) in [6.45, 7) is 5.18. The first-order valence-corrected chi connectivity index (χ1v) is 6.71. The quantitative estimate of drug-likeness (QED) is 0.766. The van der Waals surface area contributed by atoms with Crippen molar-refractivity contribution in [1.82, 2.24) is 0 Å². The third-order valence-electron chi connectivity index (χ3n) is 4.55. The summed E-state index contributed by atoms with van der Waals surface area (Å²) in [5.74, 6) is 0.351. The molecular weight excluding hydrogens is 240 g/mol. The second kappa shape index (κ2) is 3.92. The van der Waals surface area contributed by atoms with E-state index >= 15 is 0 Å². The highest BCUT2D eigenvalue weighted by atomic mass is 16.5. The van der Waals surface area contributed by atoms with E-state index in [1.165, 1.54) is 12.5 Å². The van der Waals surface area contributed by atoms with Gasteiger partial charge in [-0.15, -0.1) is 0 Å². The minimum atomic E-state index is -0.549. The Hall–Kier alpha value is -1.64. The number of carbonyl (C=O) groups is 2. The molecule has 0 amide bonds. The number of fused-ring (bicyclic) bond motifs is 1. The molecule has 2 aliphatic carbocycles. The molecule has 1 aromatic carbocycles. The lowest BCUT2D eigenvalue weighted by Gasteiger charge is -2.29. The number of Topliss-reactive ketones (excluding diaryl/α,β-unsaturated/α-hetero) is 1. The normalized spacial score (nSPS) is 34.8. The zero-order valence-corrected chi connectivity index (χ0v) is 11.4. The van der Waals surface area contributed by atoms with Crippen LogP contribution in [0.4, 0.5) is 0 Å². The number of hydrogen-bond donors (Lipinski definition) is 0. The van der Waals surface area contributed by atoms with Crippen LogP contribution >= 0.6 is 0 Å². The maximum absolute atomic E-state index is 12.5. The van der Waals surface area contributed by atoms with E-state index in [9.17, 15) is 9.59 Å². The summed E-state index contributed by atoms with van der Waals surface area (Å²) in [7, 11) is 0. The van der Waals surface area contributed by atoms with Gasteiger partial charge in [0.25, 0.3) is 0 Å². The fourth-order valence-electron chi connectivity index (χ4n) is 3.61. The van der Waals surface area contributed by atoms with Gasteiger partial charge in [0.1, 0.15) is 11.9 Å². The van der Waals surface area contributed by atoms with Crippen molar-refractivity contribution in [2.24, 2.45) is 17.3 Å². The second-order valence-electron chi connectivity index (χ2n) is 6.16. The zero-order chi connectivity index (χ0) is 13.8. The highest BCUT2D eigenvalue weighted by molar-refractivity contribution is 5.95. The van der Waals surface area contributed by atoms with Gasteiger partial charge in [-0.25, -0.2) is 0 Å². The Morgan fingerprint density at radius 1 is 1.16 bits per heavy atom. The van der Waals surface area contributed by atoms with Gasteiger partial charge < -0.3 is 4.74 Å². The van der Waals surface area contributed by atoms with Crippen LogP contribution in [-0.4, -0.2) is 17.9 Å². The molecule has 19 heavy (non-hydrogen) atoms. The summed E-state index contributed by atoms with van der Waals surface area (Å²) in [5.41, 5.74) is 0.630. The summed E-state index contributed by atoms with van der Waals surface area (Å²) < 4.78 is 5.44. The van der Waals surface area contributed by atoms with Crippen molar-refractivity contribution in [1.29, 1.82) is 0 Å². The van der Waals surface area contributed by atoms with Gasteiger partial charge in [0.15, 0.2) is 0 Å². The molecule has 0 aliphatic heterocycles. The lowest BCUT2D eigenvalue weighted by atomic mass is 9.81. The highest BCUT2D eigenvalue weighted by Crippen LogP contribution is 2.66. The van der Waals surface area contributed by atoms with Crippen molar-refractivity contribution in [2.75, 3.05) is 0 Å². The van der Waals surface area contributed by atoms with Crippen LogP contribution in [0, 0.1) is 17.3 Å². The lowest BCUT2D eigenvalue weighted by Crippen LogP contribution is -2.37. The molecule has 4 atom stereocenters. The molecule has 0 N–H and O–H groups in total. The van der Waals surface area contributed by atoms with E-state index in [4.69, 9.17) is 4.74 Å². The Morgan fingerprint density at radius 2 is 1.79 bits per heavy atom. The van der Waals surface area contributed by atoms with Crippen molar-refractivity contribution in [2.45, 2.75) is 32.8 Å². The number of ketones is 1. The molecule has 3 nitrogen and oxygen atoms in total. The van der Waals surface area contributed by atoms with Gasteiger partial charge in [0.05, 0.1) is 5.41 Å². The van der Waals surface area contributed by atoms with E-state index in [0.717, 1.165) is 0 Å². The molecule has 2 saturated carbocycles. The largest absolute Gasteiger partial charge is 0.461 e. The van der Waals surface area contributed by atoms with Gasteiger partial charge in [-0.2, -0.15) is 0 Å². The fourth-order valence-corrected chi connectivity index (χ4v) is 3.61. The van der Waals surface area contributed by atoms with E-state index in [1.54, 1.807) is 0 Å². The standard InChI is InChI=1S/C16H18O3/c1-9(17)19-15-13-11(10-7-5-4-6-8-10)12(13)14(18)16(15,2)3/h4-8,11-13,15H,1-3H3/t11-,12+,13-,15-/m1/s1. The van der Waals surface area contributed by atoms with Gasteiger partial charge >= 0.3 is 5.97 Å². The molecule has 2 fully saturated rings. The predicted octanol–water partition coefficient (Wildman–Crippen LogP) is 2.56. The Kier molecular flexibility index (Phi) is 2.56. The SMILES string of the molecule is CC(=O)O[C@@H]1[C@H]2[C@@H](C(=O)C1(C)C)[C@H]2c1ccccc1. The third kappa shape index (κ3) is 1.71. The van der Waals surface area contributed by atoms with Gasteiger partial charge in [-0.05, 0) is 19.4 Å². The third-order valence-corrected chi connectivity index (χ3v) is 4.55. The van der Waals surface area contributed by atoms with E-state index in [-0.39, 0.29) is 35.6 Å². The molecule has 1 aromatic rings. The predicted molar refractivity (Wildman–Crippen MR) is 70.5 cm³/mol. The molecular formula is C16H18O3. The molecule has 0 aromatic heterocycles. The Balaban J connectivity index is 1.90. The molecule has 0 radical (unpaired) electrons. The fraction of sp³-hybridized carbons (Fsp3) is 0.500. The number of hydrogen-bond acceptors (Lipinski definition) is 3. The summed E-state index contributed by atoms with van der Waals surface area (Å²) >= 11 is 0. The molecule has 0 spiro atoms. The monoisotopic (exact) mass is 258 g/mol. The summed E-state index contributed by atoms with van der Waals surface area (Å²) in [6, 6.07) is 10.0. The molecule has 2 aliphatic rings. The number of carbonyl (C=O) groups excluding carboxylic acids is 2. The van der Waals surface area contributed by atoms with E-state index in [2.05, 4.69) is 0 Å². The van der Waals surface area contributed by atoms with Gasteiger partial charge in [-0.1, -0.05) is 30.3 Å². The minimum absolute atomic E-state index is 0.0294. The Morgan fingerprint density at radius 3 is 2.37 bits per heavy atom. The van der Waals surface area contributed by atoms with Crippen LogP contribution in [0.15, 0.2) is 30.3 Å². The molecule has 0 heterocycles. The lowest BCUT2D eigenvalue weighted by molar-refractivity contribution is -0.154. The number of esters is 1. The number of ether oxygens (including phenoxy) is 1. The molecule has 100 valence electrons. The highest BCUT2D eigenvalue weighted by Gasteiger charge is 2.71. The van der Waals surface area contributed by atoms with Crippen LogP contribution < -0.4 is 0 Å². The van der Waals surface area contributed by atoms with Crippen LogP contribution in [-0.2, 0) is 14.3 Å². The Bertz CT molecular complexity index is 532. The number of rotatable bonds is 2. The molecule has 3 rings (SSSR count). The van der Waals surface area contributed by atoms with Gasteiger partial charge in [0, 0.05) is 24.7 Å². The van der Waals surface area contributed by atoms with E-state index in [0.29, 0.717) is 0 Å². The van der Waals surface area contributed by atoms with Crippen LogP contribution in [0.2, 0.25) is 0 Å². The maximum atomic E-state index is 12.5. The van der Waals surface area contributed by atoms with Crippen LogP contribution in [0.5, 0.6) is 0 Å². The van der Waals surface area contributed by atoms with Crippen molar-refractivity contribution < 1.29 is 14.3 Å². The second-order valence-corrected chi connectivity index (χ2v) is 6.16. The first-order valence-electron chi connectivity index (χ1n) is 6.71. The molecule has 0 saturated heterocycles. The molecule has 0 bridgehead atoms. The zero-order valence-electron chi connectivity index (χ0n) is 11.4. The van der Waals surface area contributed by atoms with Crippen molar-refractivity contribution >= 4 is 11.8 Å². The maximum Gasteiger partial charge on any atom is 0.302 e. The van der Waals surface area contributed by atoms with Crippen molar-refractivity contribution in [3.05, 3.63) is 35.9 Å². The Labute approximate surface area is 113 Å². The number of benzene rings is 1. The first kappa shape index (κ1) is 12.4. The molecule has 3 heteroatoms. The average Bonchev–Trinajstić information content (AvgIpc) is 3.05. The van der Waals surface area contributed by atoms with E-state index in [1.807, 2.05) is 44.2 Å². The van der Waals surface area contributed by atoms with Crippen LogP contribution in [0.3, 0.4) is 0 Å². The summed E-state index contributed by atoms with van der Waals surface area (Å²) in [6.07, 6.45) is -0.285. The first-order chi connectivity index (χ1) is 8.94. The smallest absolute Gasteiger partial charge is 0.302 e. The van der Waals surface area contributed by atoms with Crippen LogP contribution in [0.25, 0.3) is 0 Å².